The van der Waals surface area contributed by atoms with E-state index in [1.54, 1.807) is 0 Å². The number of carbonyl (C=O) groups is 1. The Kier molecular flexibility index (Phi) is 1.73. The molecule has 0 bridgehead atoms. The second kappa shape index (κ2) is 2.80. The molecule has 0 aliphatic rings. The largest absolute Gasteiger partial charge is 0.477 e. The number of aromatic carboxylic acids is 1. The number of carboxylic acid groups (broad SMARTS) is 1. The average molecular weight is 194 g/mol. The molecule has 0 spiro atoms. The molecule has 0 unspecified atom stereocenters. The monoisotopic (exact) mass is 194 g/mol. The minimum absolute atomic E-state index is 0.000463. The Morgan fingerprint density at radius 3 is 3.00 bits per heavy atom. The Labute approximate surface area is 78.6 Å². The molecule has 2 heterocycles. The van der Waals surface area contributed by atoms with E-state index in [1.807, 2.05) is 0 Å². The Bertz CT molecular complexity index is 519. The van der Waals surface area contributed by atoms with Crippen molar-refractivity contribution in [2.75, 3.05) is 0 Å². The van der Waals surface area contributed by atoms with E-state index in [9.17, 15) is 9.18 Å². The zero-order chi connectivity index (χ0) is 10.3. The molecule has 2 aromatic heterocycles. The van der Waals surface area contributed by atoms with Gasteiger partial charge in [-0.05, 0) is 19.1 Å². The lowest BCUT2D eigenvalue weighted by atomic mass is 10.3. The van der Waals surface area contributed by atoms with Gasteiger partial charge in [0, 0.05) is 6.20 Å². The number of rotatable bonds is 1. The first-order chi connectivity index (χ1) is 6.61. The normalized spacial score (nSPS) is 10.7. The van der Waals surface area contributed by atoms with Crippen molar-refractivity contribution in [3.8, 4) is 0 Å². The first-order valence-corrected chi connectivity index (χ1v) is 3.97. The number of fused-ring (bicyclic) bond motifs is 1. The summed E-state index contributed by atoms with van der Waals surface area (Å²) in [5.74, 6) is -1.64. The Morgan fingerprint density at radius 2 is 2.36 bits per heavy atom. The van der Waals surface area contributed by atoms with Crippen molar-refractivity contribution >= 4 is 11.6 Å². The minimum atomic E-state index is -1.11. The molecule has 2 rings (SSSR count). The van der Waals surface area contributed by atoms with E-state index >= 15 is 0 Å². The number of hydrogen-bond donors (Lipinski definition) is 1. The first-order valence-electron chi connectivity index (χ1n) is 3.97. The molecule has 0 amide bonds. The molecular formula is C9H7FN2O2. The van der Waals surface area contributed by atoms with E-state index in [0.29, 0.717) is 5.69 Å². The fourth-order valence-corrected chi connectivity index (χ4v) is 1.41. The highest BCUT2D eigenvalue weighted by atomic mass is 19.1. The van der Waals surface area contributed by atoms with Gasteiger partial charge in [-0.15, -0.1) is 0 Å². The van der Waals surface area contributed by atoms with E-state index in [4.69, 9.17) is 5.11 Å². The maximum Gasteiger partial charge on any atom is 0.354 e. The third-order valence-electron chi connectivity index (χ3n) is 1.98. The molecule has 0 saturated carbocycles. The highest BCUT2D eigenvalue weighted by molar-refractivity contribution is 5.88. The number of aryl methyl sites for hydroxylation is 1. The highest BCUT2D eigenvalue weighted by Crippen LogP contribution is 2.14. The summed E-state index contributed by atoms with van der Waals surface area (Å²) < 4.78 is 14.4. The average Bonchev–Trinajstić information content (AvgIpc) is 2.42. The molecule has 0 aromatic carbocycles. The van der Waals surface area contributed by atoms with Crippen LogP contribution in [-0.2, 0) is 0 Å². The van der Waals surface area contributed by atoms with Crippen LogP contribution in [0.2, 0.25) is 0 Å². The van der Waals surface area contributed by atoms with E-state index in [0.717, 1.165) is 0 Å². The Hall–Kier alpha value is -1.91. The molecule has 0 atom stereocenters. The summed E-state index contributed by atoms with van der Waals surface area (Å²) in [7, 11) is 0. The van der Waals surface area contributed by atoms with Crippen LogP contribution in [0.3, 0.4) is 0 Å². The molecule has 0 saturated heterocycles. The van der Waals surface area contributed by atoms with Crippen LogP contribution < -0.4 is 0 Å². The van der Waals surface area contributed by atoms with Gasteiger partial charge in [-0.25, -0.2) is 14.2 Å². The summed E-state index contributed by atoms with van der Waals surface area (Å²) in [6.07, 6.45) is 1.47. The Morgan fingerprint density at radius 1 is 1.64 bits per heavy atom. The van der Waals surface area contributed by atoms with Gasteiger partial charge in [0.05, 0.1) is 5.69 Å². The summed E-state index contributed by atoms with van der Waals surface area (Å²) in [5, 5.41) is 8.86. The summed E-state index contributed by atoms with van der Waals surface area (Å²) in [4.78, 5) is 14.7. The van der Waals surface area contributed by atoms with Crippen LogP contribution in [-0.4, -0.2) is 20.5 Å². The van der Waals surface area contributed by atoms with Crippen LogP contribution in [0.4, 0.5) is 4.39 Å². The van der Waals surface area contributed by atoms with E-state index in [2.05, 4.69) is 4.98 Å². The van der Waals surface area contributed by atoms with Gasteiger partial charge in [-0.1, -0.05) is 0 Å². The van der Waals surface area contributed by atoms with Gasteiger partial charge in [0.1, 0.15) is 0 Å². The highest BCUT2D eigenvalue weighted by Gasteiger charge is 2.16. The first kappa shape index (κ1) is 8.68. The third-order valence-corrected chi connectivity index (χ3v) is 1.98. The van der Waals surface area contributed by atoms with Crippen molar-refractivity contribution in [1.82, 2.24) is 9.38 Å². The number of aromatic nitrogens is 2. The molecular weight excluding hydrogens is 187 g/mol. The van der Waals surface area contributed by atoms with Gasteiger partial charge in [0.25, 0.3) is 0 Å². The van der Waals surface area contributed by atoms with Crippen LogP contribution in [0.1, 0.15) is 16.2 Å². The number of hydrogen-bond acceptors (Lipinski definition) is 2. The maximum atomic E-state index is 13.2. The van der Waals surface area contributed by atoms with Crippen molar-refractivity contribution in [3.05, 3.63) is 35.5 Å². The number of imidazole rings is 1. The molecule has 14 heavy (non-hydrogen) atoms. The standard InChI is InChI=1S/C9H7FN2O2/c1-5-7(9(13)14)12-4-2-3-6(10)8(12)11-5/h2-4H,1H3,(H,13,14). The van der Waals surface area contributed by atoms with Gasteiger partial charge in [0.15, 0.2) is 17.2 Å². The SMILES string of the molecule is Cc1nc2c(F)cccn2c1C(=O)O. The van der Waals surface area contributed by atoms with Gasteiger partial charge in [-0.3, -0.25) is 4.40 Å². The fraction of sp³-hybridized carbons (Fsp3) is 0.111. The molecule has 0 aliphatic heterocycles. The van der Waals surface area contributed by atoms with Gasteiger partial charge in [0.2, 0.25) is 0 Å². The van der Waals surface area contributed by atoms with Crippen LogP contribution in [0, 0.1) is 12.7 Å². The van der Waals surface area contributed by atoms with Gasteiger partial charge >= 0.3 is 5.97 Å². The van der Waals surface area contributed by atoms with E-state index in [1.165, 1.54) is 29.7 Å². The fourth-order valence-electron chi connectivity index (χ4n) is 1.41. The smallest absolute Gasteiger partial charge is 0.354 e. The van der Waals surface area contributed by atoms with Gasteiger partial charge < -0.3 is 5.11 Å². The number of pyridine rings is 1. The number of halogens is 1. The molecule has 5 heteroatoms. The van der Waals surface area contributed by atoms with Crippen LogP contribution in [0.25, 0.3) is 5.65 Å². The summed E-state index contributed by atoms with van der Waals surface area (Å²) in [5.41, 5.74) is 0.351. The lowest BCUT2D eigenvalue weighted by Gasteiger charge is -1.96. The molecule has 0 fully saturated rings. The molecule has 0 aliphatic carbocycles. The zero-order valence-electron chi connectivity index (χ0n) is 7.36. The quantitative estimate of drug-likeness (QED) is 0.748. The van der Waals surface area contributed by atoms with Crippen molar-refractivity contribution in [2.45, 2.75) is 6.92 Å². The lowest BCUT2D eigenvalue weighted by molar-refractivity contribution is 0.0688. The molecule has 0 radical (unpaired) electrons. The second-order valence-corrected chi connectivity index (χ2v) is 2.90. The van der Waals surface area contributed by atoms with Crippen molar-refractivity contribution in [1.29, 1.82) is 0 Å². The molecule has 72 valence electrons. The van der Waals surface area contributed by atoms with Crippen molar-refractivity contribution in [3.63, 3.8) is 0 Å². The predicted molar refractivity (Wildman–Crippen MR) is 46.8 cm³/mol. The predicted octanol–water partition coefficient (Wildman–Crippen LogP) is 1.48. The van der Waals surface area contributed by atoms with E-state index in [-0.39, 0.29) is 11.3 Å². The lowest BCUT2D eigenvalue weighted by Crippen LogP contribution is -2.03. The number of carboxylic acids is 1. The van der Waals surface area contributed by atoms with Crippen LogP contribution in [0.15, 0.2) is 18.3 Å². The topological polar surface area (TPSA) is 54.6 Å². The second-order valence-electron chi connectivity index (χ2n) is 2.90. The van der Waals surface area contributed by atoms with Crippen molar-refractivity contribution in [2.24, 2.45) is 0 Å². The zero-order valence-corrected chi connectivity index (χ0v) is 7.36. The Balaban J connectivity index is 2.90. The van der Waals surface area contributed by atoms with Crippen LogP contribution in [0.5, 0.6) is 0 Å². The molecule has 2 aromatic rings. The van der Waals surface area contributed by atoms with Gasteiger partial charge in [-0.2, -0.15) is 0 Å². The summed E-state index contributed by atoms with van der Waals surface area (Å²) in [6.45, 7) is 1.54. The number of nitrogens with zero attached hydrogens (tertiary/aromatic N) is 2. The van der Waals surface area contributed by atoms with E-state index < -0.39 is 11.8 Å². The maximum absolute atomic E-state index is 13.2. The minimum Gasteiger partial charge on any atom is -0.477 e. The van der Waals surface area contributed by atoms with Crippen LogP contribution >= 0.6 is 0 Å². The molecule has 4 nitrogen and oxygen atoms in total. The summed E-state index contributed by atoms with van der Waals surface area (Å²) in [6, 6.07) is 2.68. The molecule has 1 N–H and O–H groups in total. The summed E-state index contributed by atoms with van der Waals surface area (Å²) >= 11 is 0. The van der Waals surface area contributed by atoms with Crippen molar-refractivity contribution < 1.29 is 14.3 Å². The third kappa shape index (κ3) is 1.06.